The molecule has 1 aliphatic rings. The number of likely N-dealkylation sites (N-methyl/N-ethyl adjacent to an activating group) is 1. The molecule has 1 aliphatic heterocycles. The molecule has 104 valence electrons. The van der Waals surface area contributed by atoms with E-state index in [1.165, 1.54) is 7.11 Å². The molecule has 19 heavy (non-hydrogen) atoms. The van der Waals surface area contributed by atoms with Crippen LogP contribution in [0.5, 0.6) is 11.5 Å². The first kappa shape index (κ1) is 14.0. The molecule has 1 amide bonds. The third-order valence-electron chi connectivity index (χ3n) is 3.13. The summed E-state index contributed by atoms with van der Waals surface area (Å²) in [5, 5.41) is 9.81. The summed E-state index contributed by atoms with van der Waals surface area (Å²) in [5.74, 6) is 0.725. The molecule has 2 rings (SSSR count). The van der Waals surface area contributed by atoms with Crippen molar-refractivity contribution >= 4 is 17.5 Å². The predicted molar refractivity (Wildman–Crippen MR) is 70.6 cm³/mol. The summed E-state index contributed by atoms with van der Waals surface area (Å²) >= 11 is 5.93. The van der Waals surface area contributed by atoms with Crippen LogP contribution in [-0.2, 0) is 11.4 Å². The van der Waals surface area contributed by atoms with Gasteiger partial charge < -0.3 is 19.5 Å². The number of carbonyl (C=O) groups excluding carboxylic acids is 1. The molecule has 0 bridgehead atoms. The molecule has 0 spiro atoms. The van der Waals surface area contributed by atoms with E-state index in [2.05, 4.69) is 0 Å². The molecule has 6 heteroatoms. The number of aliphatic hydroxyl groups excluding tert-OH is 1. The van der Waals surface area contributed by atoms with Crippen molar-refractivity contribution in [2.45, 2.75) is 19.1 Å². The van der Waals surface area contributed by atoms with Crippen LogP contribution in [0.25, 0.3) is 0 Å². The van der Waals surface area contributed by atoms with E-state index in [9.17, 15) is 9.90 Å². The number of benzene rings is 1. The summed E-state index contributed by atoms with van der Waals surface area (Å²) < 4.78 is 10.9. The highest BCUT2D eigenvalue weighted by molar-refractivity contribution is 6.30. The van der Waals surface area contributed by atoms with Gasteiger partial charge in [-0.05, 0) is 6.07 Å². The number of halogens is 1. The van der Waals surface area contributed by atoms with Crippen LogP contribution < -0.4 is 9.47 Å². The lowest BCUT2D eigenvalue weighted by molar-refractivity contribution is -0.132. The van der Waals surface area contributed by atoms with Gasteiger partial charge in [0, 0.05) is 36.7 Å². The Kier molecular flexibility index (Phi) is 4.17. The maximum atomic E-state index is 11.8. The minimum absolute atomic E-state index is 0.0686. The molecule has 1 saturated heterocycles. The maximum absolute atomic E-state index is 11.8. The Hall–Kier alpha value is -1.46. The zero-order valence-electron chi connectivity index (χ0n) is 10.9. The number of aliphatic hydroxyl groups is 1. The number of hydrogen-bond acceptors (Lipinski definition) is 4. The number of nitrogens with zero attached hydrogens (tertiary/aromatic N) is 1. The second kappa shape index (κ2) is 5.67. The molecule has 0 aromatic heterocycles. The van der Waals surface area contributed by atoms with Gasteiger partial charge in [0.2, 0.25) is 0 Å². The maximum Gasteiger partial charge on any atom is 0.263 e. The van der Waals surface area contributed by atoms with Gasteiger partial charge in [0.1, 0.15) is 0 Å². The molecule has 5 nitrogen and oxygen atoms in total. The molecular weight excluding hydrogens is 270 g/mol. The third-order valence-corrected chi connectivity index (χ3v) is 3.34. The van der Waals surface area contributed by atoms with Crippen molar-refractivity contribution < 1.29 is 19.4 Å². The number of ether oxygens (including phenoxy) is 2. The van der Waals surface area contributed by atoms with E-state index < -0.39 is 6.10 Å². The lowest BCUT2D eigenvalue weighted by atomic mass is 10.2. The first-order valence-electron chi connectivity index (χ1n) is 5.95. The number of rotatable bonds is 4. The standard InChI is InChI=1S/C13H16ClNO4/c1-15-4-3-10(13(15)17)19-12-8(7-16)5-9(14)6-11(12)18-2/h5-6,10,16H,3-4,7H2,1-2H3. The zero-order chi connectivity index (χ0) is 14.0. The number of amides is 1. The van der Waals surface area contributed by atoms with Crippen molar-refractivity contribution in [3.63, 3.8) is 0 Å². The fourth-order valence-corrected chi connectivity index (χ4v) is 2.30. The van der Waals surface area contributed by atoms with Crippen molar-refractivity contribution in [2.75, 3.05) is 20.7 Å². The average molecular weight is 286 g/mol. The largest absolute Gasteiger partial charge is 0.493 e. The molecule has 0 aliphatic carbocycles. The summed E-state index contributed by atoms with van der Waals surface area (Å²) in [4.78, 5) is 13.5. The van der Waals surface area contributed by atoms with E-state index in [4.69, 9.17) is 21.1 Å². The van der Waals surface area contributed by atoms with E-state index in [1.54, 1.807) is 24.1 Å². The van der Waals surface area contributed by atoms with Crippen LogP contribution in [0.4, 0.5) is 0 Å². The molecule has 1 fully saturated rings. The van der Waals surface area contributed by atoms with Gasteiger partial charge >= 0.3 is 0 Å². The van der Waals surface area contributed by atoms with Crippen molar-refractivity contribution in [1.29, 1.82) is 0 Å². The van der Waals surface area contributed by atoms with Crippen LogP contribution in [0.2, 0.25) is 5.02 Å². The summed E-state index contributed by atoms with van der Waals surface area (Å²) in [6, 6.07) is 3.20. The molecule has 0 radical (unpaired) electrons. The Balaban J connectivity index is 2.31. The topological polar surface area (TPSA) is 59.0 Å². The van der Waals surface area contributed by atoms with Crippen molar-refractivity contribution in [3.8, 4) is 11.5 Å². The highest BCUT2D eigenvalue weighted by Gasteiger charge is 2.32. The van der Waals surface area contributed by atoms with E-state index in [-0.39, 0.29) is 12.5 Å². The summed E-state index contributed by atoms with van der Waals surface area (Å²) in [5.41, 5.74) is 0.506. The molecule has 0 saturated carbocycles. The Morgan fingerprint density at radius 3 is 2.79 bits per heavy atom. The van der Waals surface area contributed by atoms with Crippen molar-refractivity contribution in [3.05, 3.63) is 22.7 Å². The van der Waals surface area contributed by atoms with Crippen LogP contribution in [-0.4, -0.2) is 42.7 Å². The molecule has 1 aromatic rings. The van der Waals surface area contributed by atoms with Gasteiger partial charge in [-0.25, -0.2) is 0 Å². The quantitative estimate of drug-likeness (QED) is 0.910. The lowest BCUT2D eigenvalue weighted by Crippen LogP contribution is -2.29. The van der Waals surface area contributed by atoms with Gasteiger partial charge in [0.05, 0.1) is 13.7 Å². The van der Waals surface area contributed by atoms with E-state index in [0.717, 1.165) is 0 Å². The van der Waals surface area contributed by atoms with Crippen molar-refractivity contribution in [1.82, 2.24) is 4.90 Å². The Labute approximate surface area is 116 Å². The third kappa shape index (κ3) is 2.77. The number of carbonyl (C=O) groups is 1. The zero-order valence-corrected chi connectivity index (χ0v) is 11.6. The van der Waals surface area contributed by atoms with Gasteiger partial charge in [-0.2, -0.15) is 0 Å². The van der Waals surface area contributed by atoms with E-state index in [0.29, 0.717) is 35.1 Å². The predicted octanol–water partition coefficient (Wildman–Crippen LogP) is 1.45. The fourth-order valence-electron chi connectivity index (χ4n) is 2.07. The minimum Gasteiger partial charge on any atom is -0.493 e. The van der Waals surface area contributed by atoms with Crippen LogP contribution in [0.15, 0.2) is 12.1 Å². The lowest BCUT2D eigenvalue weighted by Gasteiger charge is -2.18. The van der Waals surface area contributed by atoms with Gasteiger partial charge in [0.25, 0.3) is 5.91 Å². The smallest absolute Gasteiger partial charge is 0.263 e. The van der Waals surface area contributed by atoms with Gasteiger partial charge in [-0.3, -0.25) is 4.79 Å². The summed E-state index contributed by atoms with van der Waals surface area (Å²) in [6.45, 7) is 0.427. The second-order valence-corrected chi connectivity index (χ2v) is 4.85. The molecule has 1 unspecified atom stereocenters. The second-order valence-electron chi connectivity index (χ2n) is 4.41. The Morgan fingerprint density at radius 1 is 1.53 bits per heavy atom. The van der Waals surface area contributed by atoms with E-state index in [1.807, 2.05) is 0 Å². The molecule has 1 heterocycles. The van der Waals surface area contributed by atoms with Crippen LogP contribution in [0.3, 0.4) is 0 Å². The first-order valence-corrected chi connectivity index (χ1v) is 6.33. The average Bonchev–Trinajstić information content (AvgIpc) is 2.72. The number of hydrogen-bond donors (Lipinski definition) is 1. The molecule has 1 atom stereocenters. The Morgan fingerprint density at radius 2 is 2.26 bits per heavy atom. The summed E-state index contributed by atoms with van der Waals surface area (Å²) in [6.07, 6.45) is 0.0804. The monoisotopic (exact) mass is 285 g/mol. The van der Waals surface area contributed by atoms with Crippen molar-refractivity contribution in [2.24, 2.45) is 0 Å². The molecule has 1 N–H and O–H groups in total. The highest BCUT2D eigenvalue weighted by atomic mass is 35.5. The number of methoxy groups -OCH3 is 1. The van der Waals surface area contributed by atoms with E-state index >= 15 is 0 Å². The molecule has 1 aromatic carbocycles. The normalized spacial score (nSPS) is 18.8. The van der Waals surface area contributed by atoms with Gasteiger partial charge in [-0.15, -0.1) is 0 Å². The van der Waals surface area contributed by atoms with Crippen LogP contribution >= 0.6 is 11.6 Å². The van der Waals surface area contributed by atoms with Crippen LogP contribution in [0, 0.1) is 0 Å². The number of likely N-dealkylation sites (tertiary alicyclic amines) is 1. The highest BCUT2D eigenvalue weighted by Crippen LogP contribution is 2.36. The molecular formula is C13H16ClNO4. The Bertz CT molecular complexity index is 467. The summed E-state index contributed by atoms with van der Waals surface area (Å²) in [7, 11) is 3.22. The van der Waals surface area contributed by atoms with Crippen LogP contribution in [0.1, 0.15) is 12.0 Å². The fraction of sp³-hybridized carbons (Fsp3) is 0.462. The van der Waals surface area contributed by atoms with Gasteiger partial charge in [0.15, 0.2) is 17.6 Å². The first-order chi connectivity index (χ1) is 9.06. The van der Waals surface area contributed by atoms with Gasteiger partial charge in [-0.1, -0.05) is 11.6 Å². The minimum atomic E-state index is -0.537. The SMILES string of the molecule is COc1cc(Cl)cc(CO)c1OC1CCN(C)C1=O.